The normalized spacial score (nSPS) is 12.2. The van der Waals surface area contributed by atoms with E-state index in [1.807, 2.05) is 0 Å². The molecule has 1 aromatic rings. The van der Waals surface area contributed by atoms with Crippen LogP contribution < -0.4 is 5.32 Å². The SMILES string of the molecule is COC(=O)C(C(=O)OC)[C@@H](NC(=O)OC(C)(C)C)c1ccccc1. The number of carbonyl (C=O) groups is 3. The number of alkyl carbamates (subject to hydrolysis) is 1. The summed E-state index contributed by atoms with van der Waals surface area (Å²) in [6, 6.07) is 7.61. The van der Waals surface area contributed by atoms with E-state index in [1.165, 1.54) is 0 Å². The summed E-state index contributed by atoms with van der Waals surface area (Å²) in [5.41, 5.74) is -0.179. The molecule has 0 aliphatic carbocycles. The number of hydrogen-bond acceptors (Lipinski definition) is 6. The Morgan fingerprint density at radius 1 is 0.958 bits per heavy atom. The minimum Gasteiger partial charge on any atom is -0.468 e. The lowest BCUT2D eigenvalue weighted by Crippen LogP contribution is -2.43. The smallest absolute Gasteiger partial charge is 0.408 e. The third kappa shape index (κ3) is 5.57. The van der Waals surface area contributed by atoms with E-state index in [0.29, 0.717) is 5.56 Å². The van der Waals surface area contributed by atoms with Crippen LogP contribution in [0.15, 0.2) is 30.3 Å². The van der Waals surface area contributed by atoms with Gasteiger partial charge in [0.05, 0.1) is 20.3 Å². The van der Waals surface area contributed by atoms with Gasteiger partial charge in [-0.1, -0.05) is 30.3 Å². The molecule has 0 saturated heterocycles. The number of carbonyl (C=O) groups excluding carboxylic acids is 3. The molecule has 0 spiro atoms. The molecule has 1 amide bonds. The fraction of sp³-hybridized carbons (Fsp3) is 0.471. The topological polar surface area (TPSA) is 90.9 Å². The second-order valence-corrected chi connectivity index (χ2v) is 6.06. The molecule has 0 saturated carbocycles. The van der Waals surface area contributed by atoms with Crippen LogP contribution in [-0.4, -0.2) is 37.9 Å². The molecule has 7 heteroatoms. The third-order valence-electron chi connectivity index (χ3n) is 3.07. The summed E-state index contributed by atoms with van der Waals surface area (Å²) in [4.78, 5) is 36.3. The number of benzene rings is 1. The molecule has 0 radical (unpaired) electrons. The highest BCUT2D eigenvalue weighted by molar-refractivity contribution is 5.96. The molecule has 0 aliphatic heterocycles. The van der Waals surface area contributed by atoms with Crippen LogP contribution >= 0.6 is 0 Å². The number of nitrogens with one attached hydrogen (secondary N) is 1. The van der Waals surface area contributed by atoms with Crippen molar-refractivity contribution in [3.05, 3.63) is 35.9 Å². The average Bonchev–Trinajstić information content (AvgIpc) is 2.52. The Morgan fingerprint density at radius 3 is 1.88 bits per heavy atom. The highest BCUT2D eigenvalue weighted by Gasteiger charge is 2.39. The molecule has 0 unspecified atom stereocenters. The molecule has 132 valence electrons. The Kier molecular flexibility index (Phi) is 6.76. The number of hydrogen-bond donors (Lipinski definition) is 1. The maximum Gasteiger partial charge on any atom is 0.408 e. The van der Waals surface area contributed by atoms with Crippen LogP contribution in [0.25, 0.3) is 0 Å². The van der Waals surface area contributed by atoms with Gasteiger partial charge in [-0.05, 0) is 26.3 Å². The largest absolute Gasteiger partial charge is 0.468 e. The maximum atomic E-state index is 12.1. The fourth-order valence-corrected chi connectivity index (χ4v) is 2.08. The van der Waals surface area contributed by atoms with Crippen molar-refractivity contribution < 1.29 is 28.6 Å². The highest BCUT2D eigenvalue weighted by Crippen LogP contribution is 2.25. The summed E-state index contributed by atoms with van der Waals surface area (Å²) < 4.78 is 14.6. The lowest BCUT2D eigenvalue weighted by molar-refractivity contribution is -0.160. The van der Waals surface area contributed by atoms with Crippen LogP contribution in [0.5, 0.6) is 0 Å². The summed E-state index contributed by atoms with van der Waals surface area (Å²) in [5.74, 6) is -2.98. The Balaban J connectivity index is 3.19. The molecule has 0 bridgehead atoms. The molecule has 1 aromatic carbocycles. The average molecular weight is 337 g/mol. The fourth-order valence-electron chi connectivity index (χ4n) is 2.08. The second-order valence-electron chi connectivity index (χ2n) is 6.06. The molecule has 24 heavy (non-hydrogen) atoms. The Labute approximate surface area is 141 Å². The third-order valence-corrected chi connectivity index (χ3v) is 3.07. The van der Waals surface area contributed by atoms with E-state index in [1.54, 1.807) is 51.1 Å². The summed E-state index contributed by atoms with van der Waals surface area (Å²) in [5, 5.41) is 2.56. The first-order chi connectivity index (χ1) is 11.2. The van der Waals surface area contributed by atoms with Gasteiger partial charge in [0, 0.05) is 0 Å². The Morgan fingerprint density at radius 2 is 1.46 bits per heavy atom. The van der Waals surface area contributed by atoms with Crippen LogP contribution in [0.4, 0.5) is 4.79 Å². The van der Waals surface area contributed by atoms with Crippen LogP contribution in [0, 0.1) is 5.92 Å². The van der Waals surface area contributed by atoms with E-state index < -0.39 is 35.6 Å². The standard InChI is InChI=1S/C17H23NO6/c1-17(2,3)24-16(21)18-13(11-9-7-6-8-10-11)12(14(19)22-4)15(20)23-5/h6-10,12-13H,1-5H3,(H,18,21)/t13-/m0/s1. The summed E-state index contributed by atoms with van der Waals surface area (Å²) in [6.07, 6.45) is -0.755. The minimum atomic E-state index is -1.35. The first kappa shape index (κ1) is 19.5. The number of rotatable bonds is 5. The lowest BCUT2D eigenvalue weighted by atomic mass is 9.93. The van der Waals surface area contributed by atoms with Gasteiger partial charge >= 0.3 is 18.0 Å². The predicted molar refractivity (Wildman–Crippen MR) is 86.1 cm³/mol. The van der Waals surface area contributed by atoms with Crippen molar-refractivity contribution in [1.29, 1.82) is 0 Å². The molecule has 1 rings (SSSR count). The van der Waals surface area contributed by atoms with Gasteiger partial charge in [-0.15, -0.1) is 0 Å². The summed E-state index contributed by atoms with van der Waals surface area (Å²) >= 11 is 0. The molecular weight excluding hydrogens is 314 g/mol. The Bertz CT molecular complexity index is 562. The van der Waals surface area contributed by atoms with Crippen LogP contribution in [-0.2, 0) is 23.8 Å². The zero-order valence-corrected chi connectivity index (χ0v) is 14.5. The first-order valence-electron chi connectivity index (χ1n) is 7.39. The number of amides is 1. The highest BCUT2D eigenvalue weighted by atomic mass is 16.6. The van der Waals surface area contributed by atoms with E-state index >= 15 is 0 Å². The van der Waals surface area contributed by atoms with E-state index in [9.17, 15) is 14.4 Å². The lowest BCUT2D eigenvalue weighted by Gasteiger charge is -2.27. The van der Waals surface area contributed by atoms with Crippen LogP contribution in [0.3, 0.4) is 0 Å². The van der Waals surface area contributed by atoms with E-state index in [4.69, 9.17) is 4.74 Å². The maximum absolute atomic E-state index is 12.1. The quantitative estimate of drug-likeness (QED) is 0.503. The van der Waals surface area contributed by atoms with E-state index in [2.05, 4.69) is 14.8 Å². The van der Waals surface area contributed by atoms with Gasteiger partial charge in [0.15, 0.2) is 5.92 Å². The van der Waals surface area contributed by atoms with Crippen LogP contribution in [0.2, 0.25) is 0 Å². The second kappa shape index (κ2) is 8.33. The first-order valence-corrected chi connectivity index (χ1v) is 7.39. The van der Waals surface area contributed by atoms with Gasteiger partial charge in [-0.3, -0.25) is 9.59 Å². The minimum absolute atomic E-state index is 0.546. The van der Waals surface area contributed by atoms with Crippen molar-refractivity contribution in [1.82, 2.24) is 5.32 Å². The van der Waals surface area contributed by atoms with Crippen molar-refractivity contribution in [3.63, 3.8) is 0 Å². The van der Waals surface area contributed by atoms with Gasteiger partial charge in [-0.2, -0.15) is 0 Å². The summed E-state index contributed by atoms with van der Waals surface area (Å²) in [7, 11) is 2.32. The molecular formula is C17H23NO6. The number of ether oxygens (including phenoxy) is 3. The molecule has 0 heterocycles. The molecule has 0 fully saturated rings. The molecule has 0 aliphatic rings. The van der Waals surface area contributed by atoms with Gasteiger partial charge in [-0.25, -0.2) is 4.79 Å². The van der Waals surface area contributed by atoms with E-state index in [0.717, 1.165) is 14.2 Å². The number of esters is 2. The van der Waals surface area contributed by atoms with Crippen molar-refractivity contribution >= 4 is 18.0 Å². The molecule has 0 aromatic heterocycles. The molecule has 1 N–H and O–H groups in total. The van der Waals surface area contributed by atoms with Gasteiger partial charge < -0.3 is 19.5 Å². The van der Waals surface area contributed by atoms with E-state index in [-0.39, 0.29) is 0 Å². The molecule has 1 atom stereocenters. The predicted octanol–water partition coefficient (Wildman–Crippen LogP) is 2.21. The van der Waals surface area contributed by atoms with Crippen molar-refractivity contribution in [2.75, 3.05) is 14.2 Å². The van der Waals surface area contributed by atoms with Gasteiger partial charge in [0.25, 0.3) is 0 Å². The monoisotopic (exact) mass is 337 g/mol. The number of methoxy groups -OCH3 is 2. The zero-order valence-electron chi connectivity index (χ0n) is 14.5. The van der Waals surface area contributed by atoms with Crippen molar-refractivity contribution in [2.45, 2.75) is 32.4 Å². The van der Waals surface area contributed by atoms with Crippen molar-refractivity contribution in [3.8, 4) is 0 Å². The van der Waals surface area contributed by atoms with Gasteiger partial charge in [0.2, 0.25) is 0 Å². The Hall–Kier alpha value is -2.57. The zero-order chi connectivity index (χ0) is 18.3. The molecule has 7 nitrogen and oxygen atoms in total. The van der Waals surface area contributed by atoms with Gasteiger partial charge in [0.1, 0.15) is 5.60 Å². The van der Waals surface area contributed by atoms with Crippen molar-refractivity contribution in [2.24, 2.45) is 5.92 Å². The van der Waals surface area contributed by atoms with Crippen LogP contribution in [0.1, 0.15) is 32.4 Å². The summed E-state index contributed by atoms with van der Waals surface area (Å²) in [6.45, 7) is 5.13.